The molecule has 0 unspecified atom stereocenters. The van der Waals surface area contributed by atoms with E-state index in [1.807, 2.05) is 0 Å². The molecule has 0 radical (unpaired) electrons. The van der Waals surface area contributed by atoms with Crippen LogP contribution in [0.3, 0.4) is 0 Å². The van der Waals surface area contributed by atoms with Crippen LogP contribution in [0.1, 0.15) is 25.6 Å². The largest absolute Gasteiger partial charge is 0.334 e. The van der Waals surface area contributed by atoms with Crippen molar-refractivity contribution < 1.29 is 17.7 Å². The van der Waals surface area contributed by atoms with Crippen LogP contribution in [0.25, 0.3) is 11.5 Å². The first kappa shape index (κ1) is 11.6. The van der Waals surface area contributed by atoms with Crippen molar-refractivity contribution in [1.82, 2.24) is 10.1 Å². The summed E-state index contributed by atoms with van der Waals surface area (Å²) >= 11 is 0. The van der Waals surface area contributed by atoms with E-state index in [0.29, 0.717) is 11.9 Å². The van der Waals surface area contributed by atoms with Gasteiger partial charge >= 0.3 is 0 Å². The quantitative estimate of drug-likeness (QED) is 0.758. The maximum Gasteiger partial charge on any atom is 0.264 e. The van der Waals surface area contributed by atoms with Gasteiger partial charge in [-0.3, -0.25) is 0 Å². The zero-order valence-corrected chi connectivity index (χ0v) is 9.17. The summed E-state index contributed by atoms with van der Waals surface area (Å²) in [7, 11) is 0. The molecule has 0 aliphatic heterocycles. The number of hydrogen-bond donors (Lipinski definition) is 0. The Labute approximate surface area is 95.3 Å². The normalized spacial score (nSPS) is 11.2. The average molecular weight is 242 g/mol. The lowest BCUT2D eigenvalue weighted by molar-refractivity contribution is 0.411. The molecule has 1 aromatic carbocycles. The summed E-state index contributed by atoms with van der Waals surface area (Å²) in [5.74, 6) is -3.53. The molecule has 0 spiro atoms. The van der Waals surface area contributed by atoms with E-state index in [-0.39, 0.29) is 11.8 Å². The van der Waals surface area contributed by atoms with Gasteiger partial charge < -0.3 is 4.52 Å². The Morgan fingerprint density at radius 3 is 2.35 bits per heavy atom. The number of rotatable bonds is 2. The van der Waals surface area contributed by atoms with E-state index in [0.717, 1.165) is 6.07 Å². The number of aromatic nitrogens is 2. The summed E-state index contributed by atoms with van der Waals surface area (Å²) in [5, 5.41) is 3.56. The first-order valence-corrected chi connectivity index (χ1v) is 4.98. The van der Waals surface area contributed by atoms with Crippen molar-refractivity contribution in [1.29, 1.82) is 0 Å². The van der Waals surface area contributed by atoms with Gasteiger partial charge in [0.2, 0.25) is 0 Å². The lowest BCUT2D eigenvalue weighted by atomic mass is 10.2. The van der Waals surface area contributed by atoms with Gasteiger partial charge in [-0.2, -0.15) is 4.98 Å². The Bertz CT molecular complexity index is 552. The number of benzene rings is 1. The van der Waals surface area contributed by atoms with Crippen LogP contribution in [0.5, 0.6) is 0 Å². The molecule has 0 saturated heterocycles. The summed E-state index contributed by atoms with van der Waals surface area (Å²) in [4.78, 5) is 3.82. The van der Waals surface area contributed by atoms with Crippen molar-refractivity contribution in [2.45, 2.75) is 19.8 Å². The van der Waals surface area contributed by atoms with Gasteiger partial charge in [-0.1, -0.05) is 19.0 Å². The molecule has 2 aromatic rings. The first-order valence-electron chi connectivity index (χ1n) is 4.98. The Balaban J connectivity index is 2.56. The van der Waals surface area contributed by atoms with Gasteiger partial charge in [0.1, 0.15) is 11.4 Å². The lowest BCUT2D eigenvalue weighted by Crippen LogP contribution is -1.95. The van der Waals surface area contributed by atoms with Crippen LogP contribution >= 0.6 is 0 Å². The Morgan fingerprint density at radius 1 is 1.12 bits per heavy atom. The van der Waals surface area contributed by atoms with Gasteiger partial charge in [0, 0.05) is 5.92 Å². The minimum atomic E-state index is -1.33. The number of hydrogen-bond acceptors (Lipinski definition) is 3. The Morgan fingerprint density at radius 2 is 1.76 bits per heavy atom. The molecule has 0 bridgehead atoms. The second-order valence-electron chi connectivity index (χ2n) is 3.83. The van der Waals surface area contributed by atoms with Crippen molar-refractivity contribution >= 4 is 0 Å². The van der Waals surface area contributed by atoms with Crippen molar-refractivity contribution in [2.24, 2.45) is 0 Å². The van der Waals surface area contributed by atoms with Crippen LogP contribution in [0.15, 0.2) is 16.7 Å². The molecule has 0 fully saturated rings. The predicted molar refractivity (Wildman–Crippen MR) is 53.7 cm³/mol. The van der Waals surface area contributed by atoms with Gasteiger partial charge in [-0.15, -0.1) is 0 Å². The number of nitrogens with zero attached hydrogens (tertiary/aromatic N) is 2. The summed E-state index contributed by atoms with van der Waals surface area (Å²) < 4.78 is 44.5. The highest BCUT2D eigenvalue weighted by atomic mass is 19.2. The second kappa shape index (κ2) is 4.20. The van der Waals surface area contributed by atoms with E-state index in [9.17, 15) is 13.2 Å². The topological polar surface area (TPSA) is 38.9 Å². The molecule has 0 aliphatic carbocycles. The molecule has 0 atom stereocenters. The van der Waals surface area contributed by atoms with Crippen LogP contribution in [-0.4, -0.2) is 10.1 Å². The molecular weight excluding hydrogens is 233 g/mol. The molecule has 1 heterocycles. The van der Waals surface area contributed by atoms with Crippen LogP contribution in [-0.2, 0) is 0 Å². The first-order chi connectivity index (χ1) is 8.00. The maximum absolute atomic E-state index is 13.4. The fourth-order valence-corrected chi connectivity index (χ4v) is 1.29. The second-order valence-corrected chi connectivity index (χ2v) is 3.83. The highest BCUT2D eigenvalue weighted by Crippen LogP contribution is 2.27. The molecule has 90 valence electrons. The lowest BCUT2D eigenvalue weighted by Gasteiger charge is -2.00. The zero-order valence-electron chi connectivity index (χ0n) is 9.17. The molecule has 6 heteroatoms. The zero-order chi connectivity index (χ0) is 12.6. The minimum absolute atomic E-state index is 0.0489. The molecule has 0 aliphatic rings. The van der Waals surface area contributed by atoms with E-state index >= 15 is 0 Å². The average Bonchev–Trinajstić information content (AvgIpc) is 2.73. The Hall–Kier alpha value is -1.85. The van der Waals surface area contributed by atoms with E-state index in [1.54, 1.807) is 13.8 Å². The molecule has 2 rings (SSSR count). The fourth-order valence-electron chi connectivity index (χ4n) is 1.29. The molecule has 17 heavy (non-hydrogen) atoms. The van der Waals surface area contributed by atoms with E-state index < -0.39 is 23.0 Å². The third-order valence-corrected chi connectivity index (χ3v) is 2.22. The highest BCUT2D eigenvalue weighted by molar-refractivity contribution is 5.55. The smallest absolute Gasteiger partial charge is 0.264 e. The maximum atomic E-state index is 13.4. The molecule has 0 N–H and O–H groups in total. The van der Waals surface area contributed by atoms with Crippen molar-refractivity contribution in [2.75, 3.05) is 0 Å². The van der Waals surface area contributed by atoms with Gasteiger partial charge in [0.25, 0.3) is 5.89 Å². The van der Waals surface area contributed by atoms with Crippen molar-refractivity contribution in [3.8, 4) is 11.5 Å². The standard InChI is InChI=1S/C11H9F3N2O/c1-5(2)10-15-11(17-16-10)8-6(12)3-4-7(13)9(8)14/h3-5H,1-2H3. The van der Waals surface area contributed by atoms with E-state index in [4.69, 9.17) is 4.52 Å². The summed E-state index contributed by atoms with van der Waals surface area (Å²) in [6.45, 7) is 3.60. The number of halogens is 3. The summed E-state index contributed by atoms with van der Waals surface area (Å²) in [6.07, 6.45) is 0. The van der Waals surface area contributed by atoms with Gasteiger partial charge in [-0.05, 0) is 12.1 Å². The van der Waals surface area contributed by atoms with Crippen LogP contribution < -0.4 is 0 Å². The van der Waals surface area contributed by atoms with Gasteiger partial charge in [0.15, 0.2) is 17.5 Å². The van der Waals surface area contributed by atoms with Crippen LogP contribution in [0, 0.1) is 17.5 Å². The Kier molecular flexibility index (Phi) is 2.87. The molecule has 1 aromatic heterocycles. The van der Waals surface area contributed by atoms with Gasteiger partial charge in [-0.25, -0.2) is 13.2 Å². The SMILES string of the molecule is CC(C)c1noc(-c2c(F)ccc(F)c2F)n1. The van der Waals surface area contributed by atoms with Crippen molar-refractivity contribution in [3.05, 3.63) is 35.4 Å². The van der Waals surface area contributed by atoms with E-state index in [1.165, 1.54) is 0 Å². The fraction of sp³-hybridized carbons (Fsp3) is 0.273. The summed E-state index contributed by atoms with van der Waals surface area (Å²) in [5.41, 5.74) is -0.635. The molecule has 3 nitrogen and oxygen atoms in total. The third-order valence-electron chi connectivity index (χ3n) is 2.22. The van der Waals surface area contributed by atoms with Crippen molar-refractivity contribution in [3.63, 3.8) is 0 Å². The molecule has 0 saturated carbocycles. The third kappa shape index (κ3) is 2.02. The predicted octanol–water partition coefficient (Wildman–Crippen LogP) is 3.28. The molecular formula is C11H9F3N2O. The molecule has 0 amide bonds. The van der Waals surface area contributed by atoms with Crippen LogP contribution in [0.2, 0.25) is 0 Å². The van der Waals surface area contributed by atoms with Crippen LogP contribution in [0.4, 0.5) is 13.2 Å². The monoisotopic (exact) mass is 242 g/mol. The summed E-state index contributed by atoms with van der Waals surface area (Å²) in [6, 6.07) is 1.51. The highest BCUT2D eigenvalue weighted by Gasteiger charge is 2.21. The minimum Gasteiger partial charge on any atom is -0.334 e. The van der Waals surface area contributed by atoms with E-state index in [2.05, 4.69) is 10.1 Å². The van der Waals surface area contributed by atoms with Gasteiger partial charge in [0.05, 0.1) is 0 Å².